The van der Waals surface area contributed by atoms with Crippen molar-refractivity contribution >= 4 is 51.9 Å². The van der Waals surface area contributed by atoms with Gasteiger partial charge in [-0.3, -0.25) is 19.5 Å². The van der Waals surface area contributed by atoms with Crippen LogP contribution in [0.4, 0.5) is 10.5 Å². The van der Waals surface area contributed by atoms with Gasteiger partial charge in [-0.2, -0.15) is 0 Å². The maximum atomic E-state index is 13.2. The van der Waals surface area contributed by atoms with Crippen molar-refractivity contribution in [3.8, 4) is 11.4 Å². The highest BCUT2D eigenvalue weighted by Crippen LogP contribution is 2.23. The SMILES string of the molecule is COc1ccc(NC(=O)NC(=O)CSc2nc3ccccc3c(=O)n2-c2cccc(Cl)c2)cc1. The van der Waals surface area contributed by atoms with Gasteiger partial charge in [0.1, 0.15) is 5.75 Å². The molecule has 4 aromatic rings. The smallest absolute Gasteiger partial charge is 0.325 e. The molecule has 0 aliphatic rings. The molecule has 10 heteroatoms. The number of carbonyl (C=O) groups excluding carboxylic acids is 2. The second-order valence-corrected chi connectivity index (χ2v) is 8.43. The van der Waals surface area contributed by atoms with Crippen LogP contribution in [0.5, 0.6) is 5.75 Å². The van der Waals surface area contributed by atoms with E-state index in [1.54, 1.807) is 79.9 Å². The number of amides is 3. The first-order valence-electron chi connectivity index (χ1n) is 10.1. The monoisotopic (exact) mass is 494 g/mol. The number of aromatic nitrogens is 2. The number of fused-ring (bicyclic) bond motifs is 1. The summed E-state index contributed by atoms with van der Waals surface area (Å²) in [5.74, 6) is -0.0374. The first-order valence-corrected chi connectivity index (χ1v) is 11.5. The molecule has 0 aliphatic carbocycles. The quantitative estimate of drug-likeness (QED) is 0.302. The Bertz CT molecular complexity index is 1420. The third-order valence-electron chi connectivity index (χ3n) is 4.74. The Morgan fingerprint density at radius 3 is 2.56 bits per heavy atom. The first kappa shape index (κ1) is 23.3. The molecule has 0 bridgehead atoms. The topological polar surface area (TPSA) is 102 Å². The summed E-state index contributed by atoms with van der Waals surface area (Å²) in [5, 5.41) is 6.05. The van der Waals surface area contributed by atoms with Crippen LogP contribution in [0.1, 0.15) is 0 Å². The standard InChI is InChI=1S/C24H19ClN4O4S/c1-33-18-11-9-16(10-12-18)26-23(32)28-21(30)14-34-24-27-20-8-3-2-7-19(20)22(31)29(24)17-6-4-5-15(25)13-17/h2-13H,14H2,1H3,(H2,26,28,30,32). The van der Waals surface area contributed by atoms with Gasteiger partial charge < -0.3 is 10.1 Å². The molecule has 0 saturated heterocycles. The van der Waals surface area contributed by atoms with E-state index in [1.807, 2.05) is 0 Å². The number of methoxy groups -OCH3 is 1. The van der Waals surface area contributed by atoms with E-state index in [0.29, 0.717) is 38.2 Å². The van der Waals surface area contributed by atoms with Crippen LogP contribution in [-0.4, -0.2) is 34.4 Å². The molecule has 1 heterocycles. The average molecular weight is 495 g/mol. The van der Waals surface area contributed by atoms with Crippen molar-refractivity contribution in [1.29, 1.82) is 0 Å². The van der Waals surface area contributed by atoms with E-state index in [1.165, 1.54) is 4.57 Å². The molecule has 8 nitrogen and oxygen atoms in total. The maximum Gasteiger partial charge on any atom is 0.325 e. The van der Waals surface area contributed by atoms with Gasteiger partial charge in [0, 0.05) is 10.7 Å². The molecule has 0 aliphatic heterocycles. The molecule has 1 aromatic heterocycles. The number of urea groups is 1. The zero-order valence-corrected chi connectivity index (χ0v) is 19.5. The fourth-order valence-electron chi connectivity index (χ4n) is 3.18. The van der Waals surface area contributed by atoms with Crippen LogP contribution in [0.2, 0.25) is 5.02 Å². The summed E-state index contributed by atoms with van der Waals surface area (Å²) < 4.78 is 6.48. The number of para-hydroxylation sites is 1. The van der Waals surface area contributed by atoms with Crippen LogP contribution in [0.15, 0.2) is 82.7 Å². The summed E-state index contributed by atoms with van der Waals surface area (Å²) in [6.07, 6.45) is 0. The number of hydrogen-bond acceptors (Lipinski definition) is 6. The van der Waals surface area contributed by atoms with Gasteiger partial charge in [0.05, 0.1) is 29.5 Å². The fraction of sp³-hybridized carbons (Fsp3) is 0.0833. The van der Waals surface area contributed by atoms with Gasteiger partial charge in [-0.05, 0) is 54.6 Å². The van der Waals surface area contributed by atoms with Gasteiger partial charge in [-0.1, -0.05) is 41.6 Å². The van der Waals surface area contributed by atoms with Crippen LogP contribution in [0.25, 0.3) is 16.6 Å². The van der Waals surface area contributed by atoms with Crippen LogP contribution < -0.4 is 20.9 Å². The molecule has 0 unspecified atom stereocenters. The molecule has 3 amide bonds. The molecule has 0 atom stereocenters. The molecular formula is C24H19ClN4O4S. The Kier molecular flexibility index (Phi) is 7.15. The van der Waals surface area contributed by atoms with Crippen molar-refractivity contribution in [2.75, 3.05) is 18.2 Å². The lowest BCUT2D eigenvalue weighted by molar-refractivity contribution is -0.117. The molecule has 0 radical (unpaired) electrons. The minimum atomic E-state index is -0.672. The van der Waals surface area contributed by atoms with E-state index in [9.17, 15) is 14.4 Å². The lowest BCUT2D eigenvalue weighted by atomic mass is 10.2. The summed E-state index contributed by atoms with van der Waals surface area (Å²) >= 11 is 7.17. The second kappa shape index (κ2) is 10.4. The summed E-state index contributed by atoms with van der Waals surface area (Å²) in [5.41, 5.74) is 1.25. The molecule has 34 heavy (non-hydrogen) atoms. The number of benzene rings is 3. The van der Waals surface area contributed by atoms with Gasteiger partial charge in [0.15, 0.2) is 5.16 Å². The van der Waals surface area contributed by atoms with Crippen molar-refractivity contribution in [1.82, 2.24) is 14.9 Å². The van der Waals surface area contributed by atoms with Gasteiger partial charge >= 0.3 is 6.03 Å². The minimum Gasteiger partial charge on any atom is -0.497 e. The second-order valence-electron chi connectivity index (χ2n) is 7.05. The van der Waals surface area contributed by atoms with E-state index >= 15 is 0 Å². The third-order valence-corrected chi connectivity index (χ3v) is 5.92. The molecular weight excluding hydrogens is 476 g/mol. The van der Waals surface area contributed by atoms with Crippen molar-refractivity contribution < 1.29 is 14.3 Å². The maximum absolute atomic E-state index is 13.2. The van der Waals surface area contributed by atoms with E-state index in [0.717, 1.165) is 11.8 Å². The van der Waals surface area contributed by atoms with Crippen LogP contribution in [-0.2, 0) is 4.79 Å². The lowest BCUT2D eigenvalue weighted by Gasteiger charge is -2.13. The fourth-order valence-corrected chi connectivity index (χ4v) is 4.18. The van der Waals surface area contributed by atoms with Crippen molar-refractivity contribution in [2.45, 2.75) is 5.16 Å². The number of nitrogens with zero attached hydrogens (tertiary/aromatic N) is 2. The van der Waals surface area contributed by atoms with Gasteiger partial charge in [-0.25, -0.2) is 9.78 Å². The number of halogens is 1. The Labute approximate surface area is 203 Å². The van der Waals surface area contributed by atoms with Crippen LogP contribution in [0, 0.1) is 0 Å². The molecule has 4 rings (SSSR count). The summed E-state index contributed by atoms with van der Waals surface area (Å²) in [6, 6.07) is 19.8. The highest BCUT2D eigenvalue weighted by molar-refractivity contribution is 7.99. The number of carbonyl (C=O) groups is 2. The first-order chi connectivity index (χ1) is 16.4. The van der Waals surface area contributed by atoms with Crippen LogP contribution in [0.3, 0.4) is 0 Å². The number of ether oxygens (including phenoxy) is 1. The number of imide groups is 1. The predicted molar refractivity (Wildman–Crippen MR) is 133 cm³/mol. The molecule has 0 fully saturated rings. The molecule has 172 valence electrons. The Morgan fingerprint density at radius 1 is 1.06 bits per heavy atom. The number of anilines is 1. The van der Waals surface area contributed by atoms with Gasteiger partial charge in [0.25, 0.3) is 5.56 Å². The summed E-state index contributed by atoms with van der Waals surface area (Å²) in [7, 11) is 1.54. The van der Waals surface area contributed by atoms with Crippen molar-refractivity contribution in [3.05, 3.63) is 88.2 Å². The normalized spacial score (nSPS) is 10.6. The van der Waals surface area contributed by atoms with Crippen molar-refractivity contribution in [2.24, 2.45) is 0 Å². The number of rotatable bonds is 6. The zero-order valence-electron chi connectivity index (χ0n) is 17.9. The van der Waals surface area contributed by atoms with Crippen LogP contribution >= 0.6 is 23.4 Å². The molecule has 3 aromatic carbocycles. The third kappa shape index (κ3) is 5.38. The minimum absolute atomic E-state index is 0.138. The molecule has 2 N–H and O–H groups in total. The van der Waals surface area contributed by atoms with Gasteiger partial charge in [-0.15, -0.1) is 0 Å². The largest absolute Gasteiger partial charge is 0.497 e. The Balaban J connectivity index is 1.52. The Hall–Kier alpha value is -3.82. The van der Waals surface area contributed by atoms with Gasteiger partial charge in [0.2, 0.25) is 5.91 Å². The van der Waals surface area contributed by atoms with E-state index in [-0.39, 0.29) is 11.3 Å². The molecule has 0 spiro atoms. The zero-order chi connectivity index (χ0) is 24.1. The number of thioether (sulfide) groups is 1. The number of nitrogens with one attached hydrogen (secondary N) is 2. The lowest BCUT2D eigenvalue weighted by Crippen LogP contribution is -2.35. The highest BCUT2D eigenvalue weighted by atomic mass is 35.5. The average Bonchev–Trinajstić information content (AvgIpc) is 2.83. The molecule has 0 saturated carbocycles. The predicted octanol–water partition coefficient (Wildman–Crippen LogP) is 4.49. The summed E-state index contributed by atoms with van der Waals surface area (Å²) in [4.78, 5) is 42.4. The van der Waals surface area contributed by atoms with E-state index in [4.69, 9.17) is 16.3 Å². The highest BCUT2D eigenvalue weighted by Gasteiger charge is 2.16. The number of hydrogen-bond donors (Lipinski definition) is 2. The van der Waals surface area contributed by atoms with Crippen molar-refractivity contribution in [3.63, 3.8) is 0 Å². The van der Waals surface area contributed by atoms with E-state index < -0.39 is 11.9 Å². The summed E-state index contributed by atoms with van der Waals surface area (Å²) in [6.45, 7) is 0. The van der Waals surface area contributed by atoms with E-state index in [2.05, 4.69) is 15.6 Å². The Morgan fingerprint density at radius 2 is 1.82 bits per heavy atom.